The quantitative estimate of drug-likeness (QED) is 0.885. The maximum absolute atomic E-state index is 13.1. The van der Waals surface area contributed by atoms with Gasteiger partial charge in [-0.3, -0.25) is 4.79 Å². The van der Waals surface area contributed by atoms with Gasteiger partial charge in [0.2, 0.25) is 0 Å². The van der Waals surface area contributed by atoms with E-state index < -0.39 is 21.6 Å². The van der Waals surface area contributed by atoms with Crippen LogP contribution in [0.2, 0.25) is 0 Å². The van der Waals surface area contributed by atoms with E-state index in [1.54, 1.807) is 24.3 Å². The van der Waals surface area contributed by atoms with Crippen molar-refractivity contribution >= 4 is 27.0 Å². The Morgan fingerprint density at radius 3 is 2.64 bits per heavy atom. The molecule has 0 spiro atoms. The highest BCUT2D eigenvalue weighted by atomic mass is 32.2. The Labute approximate surface area is 127 Å². The second-order valence-corrected chi connectivity index (χ2v) is 6.82. The van der Waals surface area contributed by atoms with Crippen molar-refractivity contribution in [1.82, 2.24) is 0 Å². The predicted molar refractivity (Wildman–Crippen MR) is 82.1 cm³/mol. The van der Waals surface area contributed by atoms with Gasteiger partial charge in [0.1, 0.15) is 5.82 Å². The van der Waals surface area contributed by atoms with E-state index in [0.29, 0.717) is 16.8 Å². The molecule has 0 aromatic heterocycles. The SMILES string of the molecule is O=C1Nc2ccccc2C1=CS(=O)(=O)Cc1cccc(F)c1. The molecule has 22 heavy (non-hydrogen) atoms. The smallest absolute Gasteiger partial charge is 0.257 e. The standard InChI is InChI=1S/C16H12FNO3S/c17-12-5-3-4-11(8-12)9-22(20,21)10-14-13-6-1-2-7-15(13)18-16(14)19/h1-8,10H,9H2,(H,18,19). The first-order valence-corrected chi connectivity index (χ1v) is 8.26. The first kappa shape index (κ1) is 14.5. The molecule has 2 aromatic rings. The van der Waals surface area contributed by atoms with Crippen molar-refractivity contribution in [2.45, 2.75) is 5.75 Å². The number of rotatable bonds is 3. The molecule has 0 saturated carbocycles. The number of hydrogen-bond donors (Lipinski definition) is 1. The van der Waals surface area contributed by atoms with Crippen LogP contribution in [0.15, 0.2) is 53.9 Å². The van der Waals surface area contributed by atoms with Gasteiger partial charge in [-0.05, 0) is 23.8 Å². The molecule has 1 amide bonds. The molecule has 0 unspecified atom stereocenters. The highest BCUT2D eigenvalue weighted by Gasteiger charge is 2.26. The lowest BCUT2D eigenvalue weighted by atomic mass is 10.1. The Balaban J connectivity index is 1.95. The second-order valence-electron chi connectivity index (χ2n) is 4.97. The average Bonchev–Trinajstić information content (AvgIpc) is 2.74. The van der Waals surface area contributed by atoms with Gasteiger partial charge in [-0.25, -0.2) is 12.8 Å². The molecule has 1 aliphatic heterocycles. The summed E-state index contributed by atoms with van der Waals surface area (Å²) in [7, 11) is -3.70. The number of fused-ring (bicyclic) bond motifs is 1. The van der Waals surface area contributed by atoms with Crippen molar-refractivity contribution in [3.63, 3.8) is 0 Å². The van der Waals surface area contributed by atoms with Crippen molar-refractivity contribution in [3.8, 4) is 0 Å². The summed E-state index contributed by atoms with van der Waals surface area (Å²) in [6, 6.07) is 12.3. The van der Waals surface area contributed by atoms with Crippen LogP contribution in [0, 0.1) is 5.82 Å². The van der Waals surface area contributed by atoms with Crippen molar-refractivity contribution in [2.24, 2.45) is 0 Å². The van der Waals surface area contributed by atoms with E-state index in [0.717, 1.165) is 5.41 Å². The van der Waals surface area contributed by atoms with Crippen molar-refractivity contribution in [2.75, 3.05) is 5.32 Å². The van der Waals surface area contributed by atoms with Crippen LogP contribution in [-0.4, -0.2) is 14.3 Å². The Hall–Kier alpha value is -2.47. The number of benzene rings is 2. The lowest BCUT2D eigenvalue weighted by Crippen LogP contribution is -2.07. The fourth-order valence-corrected chi connectivity index (χ4v) is 3.66. The number of nitrogens with one attached hydrogen (secondary N) is 1. The van der Waals surface area contributed by atoms with Crippen LogP contribution >= 0.6 is 0 Å². The molecule has 0 atom stereocenters. The summed E-state index contributed by atoms with van der Waals surface area (Å²) >= 11 is 0. The zero-order valence-electron chi connectivity index (χ0n) is 11.4. The minimum absolute atomic E-state index is 0.104. The molecule has 1 heterocycles. The third-order valence-corrected chi connectivity index (χ3v) is 4.59. The highest BCUT2D eigenvalue weighted by molar-refractivity contribution is 7.93. The van der Waals surface area contributed by atoms with Gasteiger partial charge in [0.05, 0.1) is 11.3 Å². The van der Waals surface area contributed by atoms with E-state index in [9.17, 15) is 17.6 Å². The van der Waals surface area contributed by atoms with Crippen molar-refractivity contribution in [1.29, 1.82) is 0 Å². The molecule has 0 fully saturated rings. The number of carbonyl (C=O) groups excluding carboxylic acids is 1. The largest absolute Gasteiger partial charge is 0.321 e. The molecular weight excluding hydrogens is 305 g/mol. The summed E-state index contributed by atoms with van der Waals surface area (Å²) < 4.78 is 37.6. The summed E-state index contributed by atoms with van der Waals surface area (Å²) in [5.41, 5.74) is 1.57. The van der Waals surface area contributed by atoms with E-state index in [1.165, 1.54) is 24.3 Å². The van der Waals surface area contributed by atoms with E-state index in [1.807, 2.05) is 0 Å². The number of anilines is 1. The molecule has 4 nitrogen and oxygen atoms in total. The van der Waals surface area contributed by atoms with Gasteiger partial charge in [0.15, 0.2) is 9.84 Å². The molecular formula is C16H12FNO3S. The fourth-order valence-electron chi connectivity index (χ4n) is 2.34. The first-order valence-electron chi connectivity index (χ1n) is 6.54. The van der Waals surface area contributed by atoms with E-state index in [4.69, 9.17) is 0 Å². The first-order chi connectivity index (χ1) is 10.4. The molecule has 0 radical (unpaired) electrons. The van der Waals surface area contributed by atoms with Crippen LogP contribution < -0.4 is 5.32 Å². The molecule has 6 heteroatoms. The summed E-state index contributed by atoms with van der Waals surface area (Å²) in [6.45, 7) is 0. The van der Waals surface area contributed by atoms with Gasteiger partial charge >= 0.3 is 0 Å². The van der Waals surface area contributed by atoms with Gasteiger partial charge in [0.25, 0.3) is 5.91 Å². The van der Waals surface area contributed by atoms with Crippen LogP contribution in [0.5, 0.6) is 0 Å². The van der Waals surface area contributed by atoms with Crippen LogP contribution in [0.4, 0.5) is 10.1 Å². The lowest BCUT2D eigenvalue weighted by molar-refractivity contribution is -0.110. The Morgan fingerprint density at radius 1 is 1.09 bits per heavy atom. The number of hydrogen-bond acceptors (Lipinski definition) is 3. The molecule has 0 saturated heterocycles. The number of halogens is 1. The van der Waals surface area contributed by atoms with Gasteiger partial charge < -0.3 is 5.32 Å². The number of para-hydroxylation sites is 1. The molecule has 3 rings (SSSR count). The van der Waals surface area contributed by atoms with Gasteiger partial charge in [-0.2, -0.15) is 0 Å². The van der Waals surface area contributed by atoms with Gasteiger partial charge in [-0.15, -0.1) is 0 Å². The Bertz CT molecular complexity index is 888. The van der Waals surface area contributed by atoms with E-state index >= 15 is 0 Å². The minimum Gasteiger partial charge on any atom is -0.321 e. The maximum Gasteiger partial charge on any atom is 0.257 e. The van der Waals surface area contributed by atoms with Gasteiger partial charge in [-0.1, -0.05) is 30.3 Å². The predicted octanol–water partition coefficient (Wildman–Crippen LogP) is 2.73. The minimum atomic E-state index is -3.70. The third kappa shape index (κ3) is 2.92. The number of sulfone groups is 1. The fraction of sp³-hybridized carbons (Fsp3) is 0.0625. The third-order valence-electron chi connectivity index (χ3n) is 3.26. The van der Waals surface area contributed by atoms with Crippen molar-refractivity contribution < 1.29 is 17.6 Å². The van der Waals surface area contributed by atoms with Crippen LogP contribution in [0.1, 0.15) is 11.1 Å². The highest BCUT2D eigenvalue weighted by Crippen LogP contribution is 2.32. The zero-order valence-corrected chi connectivity index (χ0v) is 12.2. The summed E-state index contributed by atoms with van der Waals surface area (Å²) in [4.78, 5) is 11.9. The van der Waals surface area contributed by atoms with Crippen LogP contribution in [0.25, 0.3) is 5.57 Å². The van der Waals surface area contributed by atoms with Crippen LogP contribution in [0.3, 0.4) is 0 Å². The number of amides is 1. The van der Waals surface area contributed by atoms with Crippen LogP contribution in [-0.2, 0) is 20.4 Å². The van der Waals surface area contributed by atoms with Gasteiger partial charge in [0, 0.05) is 16.7 Å². The number of carbonyl (C=O) groups is 1. The second kappa shape index (κ2) is 5.38. The molecule has 0 bridgehead atoms. The lowest BCUT2D eigenvalue weighted by Gasteiger charge is -2.02. The Morgan fingerprint density at radius 2 is 1.86 bits per heavy atom. The summed E-state index contributed by atoms with van der Waals surface area (Å²) in [5.74, 6) is -1.31. The molecule has 1 N–H and O–H groups in total. The Kier molecular flexibility index (Phi) is 3.54. The molecule has 1 aliphatic rings. The molecule has 2 aromatic carbocycles. The summed E-state index contributed by atoms with van der Waals surface area (Å²) in [5, 5.41) is 3.57. The average molecular weight is 317 g/mol. The normalized spacial score (nSPS) is 15.7. The molecule has 0 aliphatic carbocycles. The summed E-state index contributed by atoms with van der Waals surface area (Å²) in [6.07, 6.45) is 0. The van der Waals surface area contributed by atoms with E-state index in [2.05, 4.69) is 5.32 Å². The maximum atomic E-state index is 13.1. The topological polar surface area (TPSA) is 63.2 Å². The zero-order chi connectivity index (χ0) is 15.7. The molecule has 112 valence electrons. The van der Waals surface area contributed by atoms with E-state index in [-0.39, 0.29) is 11.3 Å². The van der Waals surface area contributed by atoms with Crippen molar-refractivity contribution in [3.05, 3.63) is 70.9 Å². The monoisotopic (exact) mass is 317 g/mol.